The molecule has 98 valence electrons. The Kier molecular flexibility index (Phi) is 3.67. The molecule has 0 spiro atoms. The van der Waals surface area contributed by atoms with Crippen molar-refractivity contribution >= 4 is 11.8 Å². The zero-order chi connectivity index (χ0) is 12.5. The highest BCUT2D eigenvalue weighted by molar-refractivity contribution is 7.99. The largest absolute Gasteiger partial charge is 0.313 e. The van der Waals surface area contributed by atoms with Crippen LogP contribution in [0.5, 0.6) is 0 Å². The van der Waals surface area contributed by atoms with Gasteiger partial charge in [-0.25, -0.2) is 0 Å². The maximum absolute atomic E-state index is 3.83. The monoisotopic (exact) mass is 261 g/mol. The van der Waals surface area contributed by atoms with E-state index in [0.717, 1.165) is 24.4 Å². The molecule has 1 N–H and O–H groups in total. The van der Waals surface area contributed by atoms with Crippen molar-refractivity contribution in [3.05, 3.63) is 29.8 Å². The third-order valence-corrected chi connectivity index (χ3v) is 6.14. The molecule has 18 heavy (non-hydrogen) atoms. The fourth-order valence-electron chi connectivity index (χ4n) is 3.34. The van der Waals surface area contributed by atoms with Gasteiger partial charge in [-0.05, 0) is 36.3 Å². The van der Waals surface area contributed by atoms with Crippen LogP contribution in [0, 0.1) is 11.8 Å². The molecule has 1 aliphatic heterocycles. The van der Waals surface area contributed by atoms with Gasteiger partial charge in [0.25, 0.3) is 0 Å². The summed E-state index contributed by atoms with van der Waals surface area (Å²) >= 11 is 2.02. The van der Waals surface area contributed by atoms with Gasteiger partial charge in [-0.1, -0.05) is 32.0 Å². The van der Waals surface area contributed by atoms with Crippen LogP contribution in [0.15, 0.2) is 29.2 Å². The molecule has 0 saturated heterocycles. The van der Waals surface area contributed by atoms with Crippen LogP contribution in [-0.4, -0.2) is 18.3 Å². The van der Waals surface area contributed by atoms with E-state index in [1.54, 1.807) is 5.56 Å². The predicted octanol–water partition coefficient (Wildman–Crippen LogP) is 3.90. The summed E-state index contributed by atoms with van der Waals surface area (Å²) in [5, 5.41) is 3.83. The predicted molar refractivity (Wildman–Crippen MR) is 79.3 cm³/mol. The Balaban J connectivity index is 1.59. The van der Waals surface area contributed by atoms with E-state index in [1.807, 2.05) is 11.8 Å². The lowest BCUT2D eigenvalue weighted by molar-refractivity contribution is 0.366. The molecular formula is C16H23NS. The first-order valence-electron chi connectivity index (χ1n) is 7.21. The molecule has 2 aliphatic rings. The first-order chi connectivity index (χ1) is 8.75. The molecule has 1 aromatic carbocycles. The van der Waals surface area contributed by atoms with Gasteiger partial charge in [0.2, 0.25) is 0 Å². The van der Waals surface area contributed by atoms with E-state index in [0.29, 0.717) is 5.92 Å². The average molecular weight is 261 g/mol. The molecule has 2 heteroatoms. The minimum absolute atomic E-state index is 0.717. The van der Waals surface area contributed by atoms with Crippen molar-refractivity contribution in [2.75, 3.05) is 12.3 Å². The summed E-state index contributed by atoms with van der Waals surface area (Å²) in [5.74, 6) is 3.71. The van der Waals surface area contributed by atoms with Crippen LogP contribution in [0.25, 0.3) is 0 Å². The second kappa shape index (κ2) is 5.26. The Hall–Kier alpha value is -0.470. The maximum Gasteiger partial charge on any atom is 0.0108 e. The lowest BCUT2D eigenvalue weighted by atomic mass is 9.96. The van der Waals surface area contributed by atoms with Gasteiger partial charge in [-0.2, -0.15) is 0 Å². The fourth-order valence-corrected chi connectivity index (χ4v) is 4.60. The van der Waals surface area contributed by atoms with Gasteiger partial charge in [0.05, 0.1) is 0 Å². The number of rotatable bonds is 3. The third-order valence-electron chi connectivity index (χ3n) is 4.89. The SMILES string of the molecule is CC1CCC(NCC2CSc3ccccc32)C1C. The standard InChI is InChI=1S/C16H23NS/c1-11-7-8-15(12(11)2)17-9-13-10-18-16-6-4-3-5-14(13)16/h3-6,11-13,15,17H,7-10H2,1-2H3. The van der Waals surface area contributed by atoms with Crippen LogP contribution in [0.1, 0.15) is 38.2 Å². The molecule has 1 fully saturated rings. The number of fused-ring (bicyclic) bond motifs is 1. The smallest absolute Gasteiger partial charge is 0.0108 e. The minimum Gasteiger partial charge on any atom is -0.313 e. The molecule has 4 unspecified atom stereocenters. The fraction of sp³-hybridized carbons (Fsp3) is 0.625. The van der Waals surface area contributed by atoms with E-state index in [9.17, 15) is 0 Å². The zero-order valence-corrected chi connectivity index (χ0v) is 12.2. The number of thioether (sulfide) groups is 1. The van der Waals surface area contributed by atoms with Crippen molar-refractivity contribution in [1.29, 1.82) is 0 Å². The zero-order valence-electron chi connectivity index (χ0n) is 11.4. The third kappa shape index (κ3) is 2.33. The van der Waals surface area contributed by atoms with Crippen molar-refractivity contribution in [2.45, 2.75) is 43.5 Å². The highest BCUT2D eigenvalue weighted by Gasteiger charge is 2.30. The van der Waals surface area contributed by atoms with Crippen molar-refractivity contribution < 1.29 is 0 Å². The van der Waals surface area contributed by atoms with Gasteiger partial charge in [0, 0.05) is 29.2 Å². The molecule has 0 radical (unpaired) electrons. The van der Waals surface area contributed by atoms with Crippen molar-refractivity contribution in [3.63, 3.8) is 0 Å². The Morgan fingerprint density at radius 1 is 1.22 bits per heavy atom. The lowest BCUT2D eigenvalue weighted by Crippen LogP contribution is -2.35. The summed E-state index contributed by atoms with van der Waals surface area (Å²) in [6, 6.07) is 9.65. The normalized spacial score (nSPS) is 34.8. The highest BCUT2D eigenvalue weighted by Crippen LogP contribution is 2.39. The first-order valence-corrected chi connectivity index (χ1v) is 8.19. The molecule has 1 saturated carbocycles. The molecule has 3 rings (SSSR count). The van der Waals surface area contributed by atoms with Crippen molar-refractivity contribution in [2.24, 2.45) is 11.8 Å². The maximum atomic E-state index is 3.83. The number of hydrogen-bond acceptors (Lipinski definition) is 2. The number of nitrogens with one attached hydrogen (secondary N) is 1. The second-order valence-electron chi connectivity index (χ2n) is 5.97. The van der Waals surface area contributed by atoms with E-state index >= 15 is 0 Å². The summed E-state index contributed by atoms with van der Waals surface area (Å²) in [6.07, 6.45) is 2.76. The van der Waals surface area contributed by atoms with Gasteiger partial charge in [0.15, 0.2) is 0 Å². The molecule has 1 aromatic rings. The van der Waals surface area contributed by atoms with Crippen LogP contribution >= 0.6 is 11.8 Å². The van der Waals surface area contributed by atoms with Crippen LogP contribution in [-0.2, 0) is 0 Å². The minimum atomic E-state index is 0.717. The van der Waals surface area contributed by atoms with Crippen molar-refractivity contribution in [3.8, 4) is 0 Å². The Labute approximate surface area is 115 Å². The summed E-state index contributed by atoms with van der Waals surface area (Å²) in [7, 11) is 0. The van der Waals surface area contributed by atoms with E-state index in [2.05, 4.69) is 43.4 Å². The number of hydrogen-bond donors (Lipinski definition) is 1. The van der Waals surface area contributed by atoms with E-state index in [1.165, 1.54) is 23.5 Å². The topological polar surface area (TPSA) is 12.0 Å². The summed E-state index contributed by atoms with van der Waals surface area (Å²) in [4.78, 5) is 1.50. The van der Waals surface area contributed by atoms with Crippen molar-refractivity contribution in [1.82, 2.24) is 5.32 Å². The van der Waals surface area contributed by atoms with Gasteiger partial charge >= 0.3 is 0 Å². The van der Waals surface area contributed by atoms with Crippen LogP contribution in [0.2, 0.25) is 0 Å². The Morgan fingerprint density at radius 3 is 2.83 bits per heavy atom. The van der Waals surface area contributed by atoms with Gasteiger partial charge in [-0.3, -0.25) is 0 Å². The lowest BCUT2D eigenvalue weighted by Gasteiger charge is -2.22. The van der Waals surface area contributed by atoms with E-state index in [-0.39, 0.29) is 0 Å². The second-order valence-corrected chi connectivity index (χ2v) is 7.04. The molecule has 1 heterocycles. The molecule has 1 nitrogen and oxygen atoms in total. The van der Waals surface area contributed by atoms with Crippen LogP contribution in [0.4, 0.5) is 0 Å². The van der Waals surface area contributed by atoms with Gasteiger partial charge < -0.3 is 5.32 Å². The van der Waals surface area contributed by atoms with Gasteiger partial charge in [0.1, 0.15) is 0 Å². The summed E-state index contributed by atoms with van der Waals surface area (Å²) in [6.45, 7) is 5.96. The van der Waals surface area contributed by atoms with E-state index in [4.69, 9.17) is 0 Å². The molecule has 0 aromatic heterocycles. The summed E-state index contributed by atoms with van der Waals surface area (Å²) < 4.78 is 0. The Morgan fingerprint density at radius 2 is 2.06 bits per heavy atom. The van der Waals surface area contributed by atoms with Crippen LogP contribution < -0.4 is 5.32 Å². The molecular weight excluding hydrogens is 238 g/mol. The van der Waals surface area contributed by atoms with Gasteiger partial charge in [-0.15, -0.1) is 11.8 Å². The highest BCUT2D eigenvalue weighted by atomic mass is 32.2. The van der Waals surface area contributed by atoms with E-state index < -0.39 is 0 Å². The molecule has 1 aliphatic carbocycles. The molecule has 0 amide bonds. The van der Waals surface area contributed by atoms with Crippen LogP contribution in [0.3, 0.4) is 0 Å². The first kappa shape index (κ1) is 12.6. The average Bonchev–Trinajstić information content (AvgIpc) is 2.94. The number of benzene rings is 1. The molecule has 4 atom stereocenters. The Bertz CT molecular complexity index is 417. The molecule has 0 bridgehead atoms. The summed E-state index contributed by atoms with van der Waals surface area (Å²) in [5.41, 5.74) is 1.56. The quantitative estimate of drug-likeness (QED) is 0.885.